The van der Waals surface area contributed by atoms with Gasteiger partial charge >= 0.3 is 0 Å². The third-order valence-electron chi connectivity index (χ3n) is 6.25. The van der Waals surface area contributed by atoms with Gasteiger partial charge in [0, 0.05) is 24.7 Å². The van der Waals surface area contributed by atoms with E-state index in [2.05, 4.69) is 95.5 Å². The SMILES string of the molecule is COc1ccc2c(c1)C1NNC(c3ccc(C)cc3)C1CN2Cc1ccccc1. The number of rotatable bonds is 4. The summed E-state index contributed by atoms with van der Waals surface area (Å²) in [6.45, 7) is 4.04. The molecule has 0 spiro atoms. The van der Waals surface area contributed by atoms with Crippen molar-refractivity contribution in [2.24, 2.45) is 5.92 Å². The van der Waals surface area contributed by atoms with Crippen LogP contribution in [0.25, 0.3) is 0 Å². The second-order valence-corrected chi connectivity index (χ2v) is 8.11. The van der Waals surface area contributed by atoms with Gasteiger partial charge in [-0.05, 0) is 41.8 Å². The average Bonchev–Trinajstić information content (AvgIpc) is 3.19. The van der Waals surface area contributed by atoms with Gasteiger partial charge in [-0.3, -0.25) is 0 Å². The van der Waals surface area contributed by atoms with Gasteiger partial charge in [-0.1, -0.05) is 60.2 Å². The van der Waals surface area contributed by atoms with Crippen LogP contribution in [0.3, 0.4) is 0 Å². The lowest BCUT2D eigenvalue weighted by Crippen LogP contribution is -2.39. The Hall–Kier alpha value is -2.82. The van der Waals surface area contributed by atoms with Crippen LogP contribution in [0.1, 0.15) is 34.3 Å². The summed E-state index contributed by atoms with van der Waals surface area (Å²) in [5.41, 5.74) is 13.7. The van der Waals surface area contributed by atoms with Crippen molar-refractivity contribution >= 4 is 5.69 Å². The highest BCUT2D eigenvalue weighted by Gasteiger charge is 2.43. The molecule has 2 aliphatic rings. The molecule has 5 rings (SSSR count). The highest BCUT2D eigenvalue weighted by atomic mass is 16.5. The Labute approximate surface area is 172 Å². The minimum absolute atomic E-state index is 0.262. The predicted octanol–water partition coefficient (Wildman–Crippen LogP) is 4.53. The van der Waals surface area contributed by atoms with Crippen LogP contribution in [0.15, 0.2) is 72.8 Å². The molecule has 0 amide bonds. The van der Waals surface area contributed by atoms with Crippen LogP contribution in [-0.4, -0.2) is 13.7 Å². The van der Waals surface area contributed by atoms with Crippen molar-refractivity contribution in [2.45, 2.75) is 25.6 Å². The Morgan fingerprint density at radius 3 is 2.45 bits per heavy atom. The van der Waals surface area contributed by atoms with E-state index in [0.717, 1.165) is 18.8 Å². The predicted molar refractivity (Wildman–Crippen MR) is 117 cm³/mol. The molecule has 148 valence electrons. The summed E-state index contributed by atoms with van der Waals surface area (Å²) in [4.78, 5) is 2.52. The number of fused-ring (bicyclic) bond motifs is 3. The van der Waals surface area contributed by atoms with Crippen molar-refractivity contribution in [2.75, 3.05) is 18.6 Å². The average molecular weight is 386 g/mol. The van der Waals surface area contributed by atoms with Gasteiger partial charge in [-0.2, -0.15) is 0 Å². The molecule has 4 heteroatoms. The van der Waals surface area contributed by atoms with Crippen molar-refractivity contribution in [3.05, 3.63) is 95.1 Å². The zero-order chi connectivity index (χ0) is 19.8. The number of nitrogens with one attached hydrogen (secondary N) is 2. The molecule has 4 nitrogen and oxygen atoms in total. The van der Waals surface area contributed by atoms with E-state index in [1.54, 1.807) is 7.11 Å². The number of aryl methyl sites for hydroxylation is 1. The zero-order valence-electron chi connectivity index (χ0n) is 16.9. The van der Waals surface area contributed by atoms with Crippen LogP contribution in [0.4, 0.5) is 5.69 Å². The normalized spacial score (nSPS) is 22.8. The Morgan fingerprint density at radius 1 is 0.931 bits per heavy atom. The molecule has 3 atom stereocenters. The monoisotopic (exact) mass is 385 g/mol. The second kappa shape index (κ2) is 7.54. The third-order valence-corrected chi connectivity index (χ3v) is 6.25. The first-order valence-corrected chi connectivity index (χ1v) is 10.3. The maximum atomic E-state index is 5.54. The summed E-state index contributed by atoms with van der Waals surface area (Å²) in [5, 5.41) is 0. The van der Waals surface area contributed by atoms with E-state index in [9.17, 15) is 0 Å². The molecule has 3 aromatic rings. The molecule has 0 bridgehead atoms. The summed E-state index contributed by atoms with van der Waals surface area (Å²) >= 11 is 0. The Kier molecular flexibility index (Phi) is 4.74. The molecule has 0 radical (unpaired) electrons. The molecule has 0 aliphatic carbocycles. The topological polar surface area (TPSA) is 36.5 Å². The van der Waals surface area contributed by atoms with Gasteiger partial charge in [0.25, 0.3) is 0 Å². The number of hydrazine groups is 1. The largest absolute Gasteiger partial charge is 0.497 e. The molecule has 1 fully saturated rings. The molecule has 1 saturated heterocycles. The molecule has 29 heavy (non-hydrogen) atoms. The van der Waals surface area contributed by atoms with Gasteiger partial charge in [0.2, 0.25) is 0 Å². The highest BCUT2D eigenvalue weighted by Crippen LogP contribution is 2.46. The molecular weight excluding hydrogens is 358 g/mol. The van der Waals surface area contributed by atoms with Crippen LogP contribution in [0.2, 0.25) is 0 Å². The van der Waals surface area contributed by atoms with Crippen LogP contribution in [-0.2, 0) is 6.54 Å². The van der Waals surface area contributed by atoms with E-state index >= 15 is 0 Å². The Bertz CT molecular complexity index is 987. The van der Waals surface area contributed by atoms with E-state index in [-0.39, 0.29) is 12.1 Å². The van der Waals surface area contributed by atoms with E-state index in [0.29, 0.717) is 5.92 Å². The lowest BCUT2D eigenvalue weighted by molar-refractivity contribution is 0.393. The van der Waals surface area contributed by atoms with Gasteiger partial charge in [0.15, 0.2) is 0 Å². The summed E-state index contributed by atoms with van der Waals surface area (Å²) in [6.07, 6.45) is 0. The number of hydrogen-bond donors (Lipinski definition) is 2. The fourth-order valence-corrected chi connectivity index (χ4v) is 4.71. The number of ether oxygens (including phenoxy) is 1. The standard InChI is InChI=1S/C25H27N3O/c1-17-8-10-19(11-9-17)24-22-16-28(15-18-6-4-3-5-7-18)23-13-12-20(29-2)14-21(23)25(22)27-26-24/h3-14,22,24-27H,15-16H2,1-2H3. The van der Waals surface area contributed by atoms with E-state index < -0.39 is 0 Å². The van der Waals surface area contributed by atoms with Crippen molar-refractivity contribution in [1.82, 2.24) is 10.9 Å². The van der Waals surface area contributed by atoms with E-state index in [4.69, 9.17) is 4.74 Å². The molecule has 2 N–H and O–H groups in total. The molecular formula is C25H27N3O. The van der Waals surface area contributed by atoms with E-state index in [1.807, 2.05) is 0 Å². The maximum Gasteiger partial charge on any atom is 0.119 e. The smallest absolute Gasteiger partial charge is 0.119 e. The Balaban J connectivity index is 1.52. The molecule has 2 heterocycles. The minimum Gasteiger partial charge on any atom is -0.497 e. The first kappa shape index (κ1) is 18.2. The van der Waals surface area contributed by atoms with Gasteiger partial charge < -0.3 is 9.64 Å². The summed E-state index contributed by atoms with van der Waals surface area (Å²) in [6, 6.07) is 26.6. The van der Waals surface area contributed by atoms with Crippen LogP contribution in [0.5, 0.6) is 5.75 Å². The minimum atomic E-state index is 0.262. The number of nitrogens with zero attached hydrogens (tertiary/aromatic N) is 1. The number of hydrogen-bond acceptors (Lipinski definition) is 4. The summed E-state index contributed by atoms with van der Waals surface area (Å²) in [5.74, 6) is 1.34. The first-order valence-electron chi connectivity index (χ1n) is 10.3. The van der Waals surface area contributed by atoms with Crippen LogP contribution in [0, 0.1) is 12.8 Å². The quantitative estimate of drug-likeness (QED) is 0.692. The molecule has 3 aromatic carbocycles. The van der Waals surface area contributed by atoms with Crippen molar-refractivity contribution in [3.63, 3.8) is 0 Å². The number of methoxy groups -OCH3 is 1. The van der Waals surface area contributed by atoms with E-state index in [1.165, 1.54) is 27.9 Å². The third kappa shape index (κ3) is 3.39. The molecule has 0 saturated carbocycles. The molecule has 3 unspecified atom stereocenters. The zero-order valence-corrected chi connectivity index (χ0v) is 16.9. The fraction of sp³-hybridized carbons (Fsp3) is 0.280. The Morgan fingerprint density at radius 2 is 1.69 bits per heavy atom. The fourth-order valence-electron chi connectivity index (χ4n) is 4.71. The van der Waals surface area contributed by atoms with Gasteiger partial charge in [0.05, 0.1) is 19.2 Å². The molecule has 0 aromatic heterocycles. The van der Waals surface area contributed by atoms with Crippen LogP contribution < -0.4 is 20.5 Å². The number of anilines is 1. The van der Waals surface area contributed by atoms with Crippen molar-refractivity contribution in [1.29, 1.82) is 0 Å². The number of benzene rings is 3. The first-order chi connectivity index (χ1) is 14.2. The lowest BCUT2D eigenvalue weighted by Gasteiger charge is -2.39. The summed E-state index contributed by atoms with van der Waals surface area (Å²) < 4.78 is 5.54. The van der Waals surface area contributed by atoms with Gasteiger partial charge in [-0.25, -0.2) is 10.9 Å². The second-order valence-electron chi connectivity index (χ2n) is 8.11. The highest BCUT2D eigenvalue weighted by molar-refractivity contribution is 5.61. The maximum absolute atomic E-state index is 5.54. The lowest BCUT2D eigenvalue weighted by atomic mass is 9.81. The van der Waals surface area contributed by atoms with Crippen molar-refractivity contribution < 1.29 is 4.74 Å². The van der Waals surface area contributed by atoms with Gasteiger partial charge in [0.1, 0.15) is 5.75 Å². The summed E-state index contributed by atoms with van der Waals surface area (Å²) in [7, 11) is 1.74. The molecule has 2 aliphatic heterocycles. The van der Waals surface area contributed by atoms with Crippen LogP contribution >= 0.6 is 0 Å². The van der Waals surface area contributed by atoms with Gasteiger partial charge in [-0.15, -0.1) is 0 Å². The van der Waals surface area contributed by atoms with Crippen molar-refractivity contribution in [3.8, 4) is 5.75 Å².